The van der Waals surface area contributed by atoms with E-state index in [-0.39, 0.29) is 5.91 Å². The van der Waals surface area contributed by atoms with E-state index in [2.05, 4.69) is 4.90 Å². The molecule has 1 unspecified atom stereocenters. The summed E-state index contributed by atoms with van der Waals surface area (Å²) in [6, 6.07) is 0.498. The average Bonchev–Trinajstić information content (AvgIpc) is 3.07. The summed E-state index contributed by atoms with van der Waals surface area (Å²) in [5, 5.41) is 9.99. The van der Waals surface area contributed by atoms with E-state index in [1.54, 1.807) is 0 Å². The number of rotatable bonds is 3. The van der Waals surface area contributed by atoms with E-state index in [1.807, 2.05) is 18.9 Å². The molecule has 0 aromatic rings. The zero-order valence-corrected chi connectivity index (χ0v) is 11.0. The Morgan fingerprint density at radius 2 is 2.12 bits per heavy atom. The van der Waals surface area contributed by atoms with E-state index in [0.717, 1.165) is 45.2 Å². The van der Waals surface area contributed by atoms with Gasteiger partial charge in [0.05, 0.1) is 12.1 Å². The summed E-state index contributed by atoms with van der Waals surface area (Å²) in [5.41, 5.74) is -0.541. The molecule has 1 N–H and O–H groups in total. The Kier molecular flexibility index (Phi) is 3.73. The molecule has 17 heavy (non-hydrogen) atoms. The van der Waals surface area contributed by atoms with Crippen LogP contribution in [0.5, 0.6) is 0 Å². The standard InChI is InChI=1S/C13H24N2O2/c1-13(17)6-3-8-15(9-7-13)10-12(16)14(2)11-4-5-11/h11,17H,3-10H2,1-2H3. The number of aliphatic hydroxyl groups is 1. The zero-order valence-electron chi connectivity index (χ0n) is 11.0. The molecule has 1 amide bonds. The van der Waals surface area contributed by atoms with Crippen LogP contribution in [0.1, 0.15) is 39.0 Å². The number of likely N-dealkylation sites (tertiary alicyclic amines) is 1. The third-order valence-electron chi connectivity index (χ3n) is 4.00. The molecule has 1 aliphatic carbocycles. The molecule has 1 heterocycles. The second kappa shape index (κ2) is 4.94. The second-order valence-corrected chi connectivity index (χ2v) is 5.86. The molecule has 2 rings (SSSR count). The van der Waals surface area contributed by atoms with Gasteiger partial charge >= 0.3 is 0 Å². The molecule has 4 nitrogen and oxygen atoms in total. The van der Waals surface area contributed by atoms with Crippen LogP contribution in [0.3, 0.4) is 0 Å². The van der Waals surface area contributed by atoms with Crippen LogP contribution in [0.4, 0.5) is 0 Å². The molecule has 0 aromatic carbocycles. The minimum absolute atomic E-state index is 0.231. The Morgan fingerprint density at radius 3 is 2.76 bits per heavy atom. The largest absolute Gasteiger partial charge is 0.390 e. The van der Waals surface area contributed by atoms with Gasteiger partial charge in [-0.2, -0.15) is 0 Å². The smallest absolute Gasteiger partial charge is 0.236 e. The van der Waals surface area contributed by atoms with Crippen molar-refractivity contribution in [2.45, 2.75) is 50.7 Å². The maximum Gasteiger partial charge on any atom is 0.236 e. The number of nitrogens with zero attached hydrogens (tertiary/aromatic N) is 2. The summed E-state index contributed by atoms with van der Waals surface area (Å²) in [7, 11) is 1.91. The van der Waals surface area contributed by atoms with Crippen molar-refractivity contribution >= 4 is 5.91 Å². The number of amides is 1. The summed E-state index contributed by atoms with van der Waals surface area (Å²) < 4.78 is 0. The Morgan fingerprint density at radius 1 is 1.41 bits per heavy atom. The van der Waals surface area contributed by atoms with Gasteiger partial charge in [-0.05, 0) is 45.6 Å². The van der Waals surface area contributed by atoms with Crippen LogP contribution in [0.15, 0.2) is 0 Å². The summed E-state index contributed by atoms with van der Waals surface area (Å²) in [6.45, 7) is 4.18. The fourth-order valence-corrected chi connectivity index (χ4v) is 2.45. The highest BCUT2D eigenvalue weighted by Gasteiger charge is 2.31. The van der Waals surface area contributed by atoms with E-state index < -0.39 is 5.60 Å². The lowest BCUT2D eigenvalue weighted by Crippen LogP contribution is -2.40. The molecule has 0 radical (unpaired) electrons. The van der Waals surface area contributed by atoms with Crippen molar-refractivity contribution in [3.8, 4) is 0 Å². The van der Waals surface area contributed by atoms with Gasteiger partial charge in [-0.3, -0.25) is 9.69 Å². The average molecular weight is 240 g/mol. The number of carbonyl (C=O) groups excluding carboxylic acids is 1. The molecule has 0 aromatic heterocycles. The first-order valence-corrected chi connectivity index (χ1v) is 6.68. The molecule has 4 heteroatoms. The molecule has 1 atom stereocenters. The summed E-state index contributed by atoms with van der Waals surface area (Å²) >= 11 is 0. The van der Waals surface area contributed by atoms with Crippen LogP contribution >= 0.6 is 0 Å². The first kappa shape index (κ1) is 12.8. The lowest BCUT2D eigenvalue weighted by atomic mass is 9.98. The predicted octanol–water partition coefficient (Wildman–Crippen LogP) is 0.844. The summed E-state index contributed by atoms with van der Waals surface area (Å²) in [5.74, 6) is 0.231. The van der Waals surface area contributed by atoms with Crippen LogP contribution in [-0.4, -0.2) is 59.1 Å². The summed E-state index contributed by atoms with van der Waals surface area (Å²) in [6.07, 6.45) is 4.92. The van der Waals surface area contributed by atoms with E-state index in [9.17, 15) is 9.90 Å². The van der Waals surface area contributed by atoms with Gasteiger partial charge < -0.3 is 10.0 Å². The van der Waals surface area contributed by atoms with Gasteiger partial charge in [0.1, 0.15) is 0 Å². The van der Waals surface area contributed by atoms with Crippen molar-refractivity contribution in [2.24, 2.45) is 0 Å². The van der Waals surface area contributed by atoms with Gasteiger partial charge in [0.15, 0.2) is 0 Å². The minimum Gasteiger partial charge on any atom is -0.390 e. The Balaban J connectivity index is 1.80. The van der Waals surface area contributed by atoms with Gasteiger partial charge in [-0.1, -0.05) is 0 Å². The molecule has 0 bridgehead atoms. The van der Waals surface area contributed by atoms with Gasteiger partial charge in [0.25, 0.3) is 0 Å². The van der Waals surface area contributed by atoms with E-state index in [1.165, 1.54) is 0 Å². The summed E-state index contributed by atoms with van der Waals surface area (Å²) in [4.78, 5) is 16.1. The van der Waals surface area contributed by atoms with Crippen molar-refractivity contribution < 1.29 is 9.90 Å². The second-order valence-electron chi connectivity index (χ2n) is 5.86. The van der Waals surface area contributed by atoms with Crippen molar-refractivity contribution in [1.82, 2.24) is 9.80 Å². The first-order valence-electron chi connectivity index (χ1n) is 6.68. The van der Waals surface area contributed by atoms with Gasteiger partial charge in [0.2, 0.25) is 5.91 Å². The number of hydrogen-bond acceptors (Lipinski definition) is 3. The topological polar surface area (TPSA) is 43.8 Å². The Bertz CT molecular complexity index is 287. The molecule has 98 valence electrons. The normalized spacial score (nSPS) is 31.0. The lowest BCUT2D eigenvalue weighted by Gasteiger charge is -2.24. The highest BCUT2D eigenvalue weighted by molar-refractivity contribution is 5.78. The number of carbonyl (C=O) groups is 1. The maximum absolute atomic E-state index is 12.0. The maximum atomic E-state index is 12.0. The van der Waals surface area contributed by atoms with Crippen LogP contribution in [-0.2, 0) is 4.79 Å². The number of likely N-dealkylation sites (N-methyl/N-ethyl adjacent to an activating group) is 1. The van der Waals surface area contributed by atoms with Crippen LogP contribution < -0.4 is 0 Å². The van der Waals surface area contributed by atoms with Crippen molar-refractivity contribution in [1.29, 1.82) is 0 Å². The van der Waals surface area contributed by atoms with Gasteiger partial charge in [0, 0.05) is 19.6 Å². The fourth-order valence-electron chi connectivity index (χ4n) is 2.45. The predicted molar refractivity (Wildman–Crippen MR) is 66.7 cm³/mol. The Labute approximate surface area is 104 Å². The van der Waals surface area contributed by atoms with Crippen molar-refractivity contribution in [2.75, 3.05) is 26.7 Å². The monoisotopic (exact) mass is 240 g/mol. The minimum atomic E-state index is -0.541. The van der Waals surface area contributed by atoms with E-state index in [0.29, 0.717) is 12.6 Å². The SMILES string of the molecule is CN(C(=O)CN1CCCC(C)(O)CC1)C1CC1. The highest BCUT2D eigenvalue weighted by Crippen LogP contribution is 2.26. The number of hydrogen-bond donors (Lipinski definition) is 1. The Hall–Kier alpha value is -0.610. The highest BCUT2D eigenvalue weighted by atomic mass is 16.3. The molecule has 2 fully saturated rings. The molecular formula is C13H24N2O2. The molecular weight excluding hydrogens is 216 g/mol. The fraction of sp³-hybridized carbons (Fsp3) is 0.923. The molecule has 2 aliphatic rings. The first-order chi connectivity index (χ1) is 7.98. The molecule has 1 saturated carbocycles. The van der Waals surface area contributed by atoms with E-state index >= 15 is 0 Å². The third-order valence-corrected chi connectivity index (χ3v) is 4.00. The van der Waals surface area contributed by atoms with Crippen molar-refractivity contribution in [3.63, 3.8) is 0 Å². The molecule has 1 saturated heterocycles. The lowest BCUT2D eigenvalue weighted by molar-refractivity contribution is -0.131. The zero-order chi connectivity index (χ0) is 12.5. The van der Waals surface area contributed by atoms with E-state index in [4.69, 9.17) is 0 Å². The van der Waals surface area contributed by atoms with Gasteiger partial charge in [-0.25, -0.2) is 0 Å². The van der Waals surface area contributed by atoms with Crippen LogP contribution in [0.25, 0.3) is 0 Å². The quantitative estimate of drug-likeness (QED) is 0.795. The van der Waals surface area contributed by atoms with Crippen LogP contribution in [0.2, 0.25) is 0 Å². The van der Waals surface area contributed by atoms with Crippen LogP contribution in [0, 0.1) is 0 Å². The van der Waals surface area contributed by atoms with Crippen molar-refractivity contribution in [3.05, 3.63) is 0 Å². The molecule has 1 aliphatic heterocycles. The third kappa shape index (κ3) is 3.68. The van der Waals surface area contributed by atoms with Gasteiger partial charge in [-0.15, -0.1) is 0 Å². The molecule has 0 spiro atoms.